The van der Waals surface area contributed by atoms with E-state index in [-0.39, 0.29) is 0 Å². The monoisotopic (exact) mass is 362 g/mol. The Morgan fingerprint density at radius 2 is 1.27 bits per heavy atom. The van der Waals surface area contributed by atoms with Gasteiger partial charge in [-0.25, -0.2) is 0 Å². The van der Waals surface area contributed by atoms with Crippen molar-refractivity contribution in [2.75, 3.05) is 0 Å². The molecule has 2 unspecified atom stereocenters. The van der Waals surface area contributed by atoms with Crippen LogP contribution in [0.15, 0.2) is 72.4 Å². The van der Waals surface area contributed by atoms with Gasteiger partial charge < -0.3 is 10.6 Å². The molecule has 0 saturated heterocycles. The predicted octanol–water partition coefficient (Wildman–Crippen LogP) is 4.66. The fourth-order valence-electron chi connectivity index (χ4n) is 2.47. The average molecular weight is 362 g/mol. The number of rotatable bonds is 6. The minimum absolute atomic E-state index is 0.402. The summed E-state index contributed by atoms with van der Waals surface area (Å²) < 4.78 is 39.9. The molecule has 2 aromatic carbocycles. The van der Waals surface area contributed by atoms with E-state index in [2.05, 4.69) is 10.6 Å². The number of hydrogen-bond donors (Lipinski definition) is 2. The van der Waals surface area contributed by atoms with Gasteiger partial charge in [-0.15, -0.1) is 0 Å². The molecule has 0 aliphatic heterocycles. The van der Waals surface area contributed by atoms with Crippen LogP contribution in [0.25, 0.3) is 0 Å². The van der Waals surface area contributed by atoms with E-state index in [1.807, 2.05) is 6.07 Å². The van der Waals surface area contributed by atoms with Gasteiger partial charge in [-0.3, -0.25) is 4.79 Å². The molecule has 2 N–H and O–H groups in total. The number of carbonyl (C=O) groups excluding carboxylic acids is 1. The van der Waals surface area contributed by atoms with Crippen LogP contribution < -0.4 is 10.6 Å². The fourth-order valence-corrected chi connectivity index (χ4v) is 2.47. The molecule has 0 aliphatic carbocycles. The first-order chi connectivity index (χ1) is 12.3. The van der Waals surface area contributed by atoms with Crippen LogP contribution in [0.1, 0.15) is 37.1 Å². The SMILES string of the molecule is CC(NC(=O)C=C(NC(C)c1ccccc1)C(F)(F)F)c1ccccc1. The standard InChI is InChI=1S/C20H21F3N2O/c1-14(16-9-5-3-6-10-16)24-18(20(21,22)23)13-19(26)25-15(2)17-11-7-4-8-12-17/h3-15,24H,1-2H3,(H,25,26). The van der Waals surface area contributed by atoms with E-state index >= 15 is 0 Å². The number of alkyl halides is 3. The lowest BCUT2D eigenvalue weighted by Gasteiger charge is -2.21. The zero-order chi connectivity index (χ0) is 19.2. The lowest BCUT2D eigenvalue weighted by atomic mass is 10.1. The number of amides is 1. The summed E-state index contributed by atoms with van der Waals surface area (Å²) >= 11 is 0. The van der Waals surface area contributed by atoms with Gasteiger partial charge in [0, 0.05) is 12.1 Å². The minimum Gasteiger partial charge on any atom is -0.374 e. The second-order valence-electron chi connectivity index (χ2n) is 5.97. The molecule has 2 aromatic rings. The van der Waals surface area contributed by atoms with Crippen molar-refractivity contribution in [2.45, 2.75) is 32.1 Å². The van der Waals surface area contributed by atoms with E-state index in [0.29, 0.717) is 11.6 Å². The normalized spacial score (nSPS) is 14.4. The molecular weight excluding hydrogens is 341 g/mol. The molecule has 6 heteroatoms. The Morgan fingerprint density at radius 3 is 1.69 bits per heavy atom. The van der Waals surface area contributed by atoms with Gasteiger partial charge in [0.25, 0.3) is 0 Å². The van der Waals surface area contributed by atoms with Crippen molar-refractivity contribution >= 4 is 5.91 Å². The average Bonchev–Trinajstić information content (AvgIpc) is 2.61. The Morgan fingerprint density at radius 1 is 0.846 bits per heavy atom. The smallest absolute Gasteiger partial charge is 0.374 e. The minimum atomic E-state index is -4.66. The molecule has 1 amide bonds. The molecule has 2 rings (SSSR count). The number of nitrogens with one attached hydrogen (secondary N) is 2. The number of carbonyl (C=O) groups is 1. The van der Waals surface area contributed by atoms with E-state index in [9.17, 15) is 18.0 Å². The zero-order valence-electron chi connectivity index (χ0n) is 14.5. The Bertz CT molecular complexity index is 743. The van der Waals surface area contributed by atoms with Gasteiger partial charge in [0.2, 0.25) is 5.91 Å². The van der Waals surface area contributed by atoms with Crippen LogP contribution in [-0.4, -0.2) is 12.1 Å². The Labute approximate surface area is 150 Å². The van der Waals surface area contributed by atoms with E-state index < -0.39 is 29.9 Å². The molecule has 0 bridgehead atoms. The molecule has 0 aliphatic rings. The summed E-state index contributed by atoms with van der Waals surface area (Å²) in [6, 6.07) is 16.8. The Kier molecular flexibility index (Phi) is 6.44. The first kappa shape index (κ1) is 19.6. The quantitative estimate of drug-likeness (QED) is 0.734. The highest BCUT2D eigenvalue weighted by Gasteiger charge is 2.35. The maximum Gasteiger partial charge on any atom is 0.431 e. The molecule has 0 fully saturated rings. The van der Waals surface area contributed by atoms with Crippen LogP contribution in [0.3, 0.4) is 0 Å². The topological polar surface area (TPSA) is 41.1 Å². The maximum absolute atomic E-state index is 13.3. The fraction of sp³-hybridized carbons (Fsp3) is 0.250. The van der Waals surface area contributed by atoms with E-state index in [0.717, 1.165) is 5.56 Å². The largest absolute Gasteiger partial charge is 0.431 e. The molecule has 0 heterocycles. The van der Waals surface area contributed by atoms with Crippen LogP contribution in [-0.2, 0) is 4.79 Å². The lowest BCUT2D eigenvalue weighted by Crippen LogP contribution is -2.32. The maximum atomic E-state index is 13.3. The van der Waals surface area contributed by atoms with E-state index in [1.54, 1.807) is 68.4 Å². The van der Waals surface area contributed by atoms with Gasteiger partial charge in [-0.05, 0) is 25.0 Å². The zero-order valence-corrected chi connectivity index (χ0v) is 14.5. The van der Waals surface area contributed by atoms with Crippen molar-refractivity contribution in [3.05, 3.63) is 83.6 Å². The van der Waals surface area contributed by atoms with Crippen LogP contribution in [0.4, 0.5) is 13.2 Å². The predicted molar refractivity (Wildman–Crippen MR) is 95.1 cm³/mol. The third-order valence-corrected chi connectivity index (χ3v) is 3.91. The number of hydrogen-bond acceptors (Lipinski definition) is 2. The van der Waals surface area contributed by atoms with Gasteiger partial charge in [0.15, 0.2) is 0 Å². The van der Waals surface area contributed by atoms with Crippen LogP contribution in [0.5, 0.6) is 0 Å². The second-order valence-corrected chi connectivity index (χ2v) is 5.97. The van der Waals surface area contributed by atoms with Gasteiger partial charge in [-0.1, -0.05) is 60.7 Å². The highest BCUT2D eigenvalue weighted by Crippen LogP contribution is 2.26. The van der Waals surface area contributed by atoms with Crippen LogP contribution in [0.2, 0.25) is 0 Å². The van der Waals surface area contributed by atoms with Crippen molar-refractivity contribution in [3.8, 4) is 0 Å². The molecule has 0 saturated carbocycles. The van der Waals surface area contributed by atoms with Crippen molar-refractivity contribution in [2.24, 2.45) is 0 Å². The number of benzene rings is 2. The van der Waals surface area contributed by atoms with Gasteiger partial charge >= 0.3 is 6.18 Å². The Balaban J connectivity index is 2.11. The number of halogens is 3. The first-order valence-corrected chi connectivity index (χ1v) is 8.23. The van der Waals surface area contributed by atoms with E-state index in [4.69, 9.17) is 0 Å². The number of allylic oxidation sites excluding steroid dienone is 1. The molecule has 3 nitrogen and oxygen atoms in total. The van der Waals surface area contributed by atoms with Crippen molar-refractivity contribution in [1.82, 2.24) is 10.6 Å². The van der Waals surface area contributed by atoms with Gasteiger partial charge in [0.1, 0.15) is 5.70 Å². The van der Waals surface area contributed by atoms with E-state index in [1.165, 1.54) is 0 Å². The third-order valence-electron chi connectivity index (χ3n) is 3.91. The molecule has 26 heavy (non-hydrogen) atoms. The molecule has 138 valence electrons. The highest BCUT2D eigenvalue weighted by molar-refractivity contribution is 5.88. The molecule has 0 spiro atoms. The summed E-state index contributed by atoms with van der Waals surface area (Å²) in [5, 5.41) is 4.95. The Hall–Kier alpha value is -2.76. The van der Waals surface area contributed by atoms with Gasteiger partial charge in [0.05, 0.1) is 6.04 Å². The van der Waals surface area contributed by atoms with Crippen molar-refractivity contribution in [1.29, 1.82) is 0 Å². The van der Waals surface area contributed by atoms with Crippen LogP contribution in [0, 0.1) is 0 Å². The first-order valence-electron chi connectivity index (χ1n) is 8.23. The van der Waals surface area contributed by atoms with Crippen molar-refractivity contribution < 1.29 is 18.0 Å². The molecular formula is C20H21F3N2O. The van der Waals surface area contributed by atoms with Crippen LogP contribution >= 0.6 is 0 Å². The summed E-state index contributed by atoms with van der Waals surface area (Å²) in [5.74, 6) is -0.804. The summed E-state index contributed by atoms with van der Waals surface area (Å²) in [4.78, 5) is 12.1. The summed E-state index contributed by atoms with van der Waals surface area (Å²) in [7, 11) is 0. The third kappa shape index (κ3) is 5.65. The highest BCUT2D eigenvalue weighted by atomic mass is 19.4. The summed E-state index contributed by atoms with van der Waals surface area (Å²) in [6.07, 6.45) is -4.09. The summed E-state index contributed by atoms with van der Waals surface area (Å²) in [5.41, 5.74) is 0.431. The summed E-state index contributed by atoms with van der Waals surface area (Å²) in [6.45, 7) is 3.33. The van der Waals surface area contributed by atoms with Crippen molar-refractivity contribution in [3.63, 3.8) is 0 Å². The second kappa shape index (κ2) is 8.56. The van der Waals surface area contributed by atoms with Gasteiger partial charge in [-0.2, -0.15) is 13.2 Å². The lowest BCUT2D eigenvalue weighted by molar-refractivity contribution is -0.119. The molecule has 0 radical (unpaired) electrons. The molecule has 2 atom stereocenters. The molecule has 0 aromatic heterocycles.